The number of alkyl carbamates (subject to hydrolysis) is 4. The van der Waals surface area contributed by atoms with Gasteiger partial charge in [-0.25, -0.2) is 23.9 Å². The van der Waals surface area contributed by atoms with Gasteiger partial charge in [0.25, 0.3) is 0 Å². The number of aromatic nitrogens is 2. The lowest BCUT2D eigenvalue weighted by atomic mass is 9.85. The van der Waals surface area contributed by atoms with Gasteiger partial charge in [0.1, 0.15) is 28.2 Å². The third-order valence-corrected chi connectivity index (χ3v) is 10.3. The Hall–Kier alpha value is -6.62. The maximum atomic E-state index is 12.7. The van der Waals surface area contributed by atoms with Gasteiger partial charge in [0, 0.05) is 32.0 Å². The molecule has 23 nitrogen and oxygen atoms in total. The van der Waals surface area contributed by atoms with Crippen LogP contribution in [0.3, 0.4) is 0 Å². The van der Waals surface area contributed by atoms with E-state index in [1.54, 1.807) is 102 Å². The maximum absolute atomic E-state index is 12.7. The predicted molar refractivity (Wildman–Crippen MR) is 245 cm³/mol. The molecule has 7 heterocycles. The van der Waals surface area contributed by atoms with Crippen LogP contribution in [0.4, 0.5) is 19.2 Å². The summed E-state index contributed by atoms with van der Waals surface area (Å²) in [5.74, 6) is -2.67. The lowest BCUT2D eigenvalue weighted by molar-refractivity contribution is -0.143. The molecule has 378 valence electrons. The number of carbonyl (C=O) groups excluding carboxylic acids is 8. The van der Waals surface area contributed by atoms with Crippen LogP contribution < -0.4 is 21.3 Å². The molecule has 1 aromatic rings. The Morgan fingerprint density at radius 2 is 0.957 bits per heavy atom. The molecule has 4 fully saturated rings. The normalized spacial score (nSPS) is 24.9. The molecule has 69 heavy (non-hydrogen) atoms. The SMILES string of the molecule is C=C(NC(=O)OC(C)(C)C)n1cccn1.CC(C)(C)OC(=O)NC(=NCCN1C(=O)C2C3C=CC(O3)C2C1=O)NC(=O)OC(C)(C)C.CC(C)(C)OC(=O)NCCN1C(=O)C2C3C=CC(O3)C2C1=O. The summed E-state index contributed by atoms with van der Waals surface area (Å²) < 4.78 is 33.1. The van der Waals surface area contributed by atoms with E-state index in [0.717, 1.165) is 4.90 Å². The third-order valence-electron chi connectivity index (χ3n) is 10.3. The number of likely N-dealkylation sites (tertiary alicyclic amines) is 2. The second kappa shape index (κ2) is 20.9. The molecule has 1 aromatic heterocycles. The molecule has 7 rings (SSSR count). The van der Waals surface area contributed by atoms with Crippen LogP contribution in [0.25, 0.3) is 5.82 Å². The third kappa shape index (κ3) is 14.5. The molecule has 4 N–H and O–H groups in total. The number of guanidine groups is 1. The zero-order chi connectivity index (χ0) is 51.4. The van der Waals surface area contributed by atoms with E-state index in [0.29, 0.717) is 5.82 Å². The molecular formula is C46H65N9O14. The van der Waals surface area contributed by atoms with Gasteiger partial charge >= 0.3 is 24.4 Å². The second-order valence-corrected chi connectivity index (χ2v) is 20.6. The molecule has 0 saturated carbocycles. The topological polar surface area (TPSA) is 277 Å². The lowest BCUT2D eigenvalue weighted by Gasteiger charge is -2.22. The van der Waals surface area contributed by atoms with Crippen molar-refractivity contribution in [2.24, 2.45) is 28.7 Å². The fourth-order valence-corrected chi connectivity index (χ4v) is 7.84. The zero-order valence-electron chi connectivity index (χ0n) is 41.1. The van der Waals surface area contributed by atoms with Gasteiger partial charge in [-0.1, -0.05) is 30.9 Å². The van der Waals surface area contributed by atoms with E-state index in [2.05, 4.69) is 37.9 Å². The van der Waals surface area contributed by atoms with Crippen molar-refractivity contribution in [2.45, 2.75) is 130 Å². The number of aliphatic imine (C=N–C) groups is 1. The smallest absolute Gasteiger partial charge is 0.414 e. The minimum atomic E-state index is -0.824. The van der Waals surface area contributed by atoms with Crippen LogP contribution in [0.15, 0.2) is 54.3 Å². The van der Waals surface area contributed by atoms with Crippen molar-refractivity contribution in [2.75, 3.05) is 26.2 Å². The molecule has 6 aliphatic rings. The van der Waals surface area contributed by atoms with E-state index in [1.165, 1.54) is 9.58 Å². The van der Waals surface area contributed by atoms with Gasteiger partial charge in [-0.15, -0.1) is 0 Å². The van der Waals surface area contributed by atoms with Gasteiger partial charge in [-0.3, -0.25) is 49.9 Å². The molecule has 0 aromatic carbocycles. The lowest BCUT2D eigenvalue weighted by Crippen LogP contribution is -2.47. The van der Waals surface area contributed by atoms with Gasteiger partial charge in [0.05, 0.1) is 54.6 Å². The van der Waals surface area contributed by atoms with Gasteiger partial charge < -0.3 is 33.7 Å². The highest BCUT2D eigenvalue weighted by molar-refractivity contribution is 6.07. The van der Waals surface area contributed by atoms with E-state index in [9.17, 15) is 38.4 Å². The van der Waals surface area contributed by atoms with E-state index < -0.39 is 70.4 Å². The standard InChI is InChI=1S/C21H30N4O7.C15H20N2O5.C10H15N3O2/c1-20(2,3)31-18(28)23-17(24-19(29)32-21(4,5)6)22-9-10-25-15(26)13-11-7-8-12(30-11)14(13)16(25)27;1-15(2,3)22-14(20)16-6-7-17-12(18)10-8-4-5-9(21-8)11(10)13(17)19;1-8(13-7-5-6-11-13)12-9(14)15-10(2,3)4/h7-8,11-14H,9-10H2,1-6H3,(H2,22,23,24,28,29);4-5,8-11H,6-7H2,1-3H3,(H,16,20);5-7H,1H2,2-4H3,(H,12,14). The summed E-state index contributed by atoms with van der Waals surface area (Å²) in [6.45, 7) is 24.8. The first-order chi connectivity index (χ1) is 31.9. The van der Waals surface area contributed by atoms with Crippen molar-refractivity contribution in [3.05, 3.63) is 49.3 Å². The Labute approximate surface area is 400 Å². The molecular weight excluding hydrogens is 903 g/mol. The van der Waals surface area contributed by atoms with Crippen LogP contribution in [0.5, 0.6) is 0 Å². The minimum absolute atomic E-state index is 0.000393. The van der Waals surface area contributed by atoms with Crippen molar-refractivity contribution >= 4 is 59.8 Å². The molecule has 8 unspecified atom stereocenters. The van der Waals surface area contributed by atoms with Gasteiger partial charge in [0.2, 0.25) is 29.6 Å². The molecule has 6 aliphatic heterocycles. The molecule has 0 radical (unpaired) electrons. The highest BCUT2D eigenvalue weighted by Gasteiger charge is 2.61. The van der Waals surface area contributed by atoms with Crippen LogP contribution in [0.2, 0.25) is 0 Å². The Bertz CT molecular complexity index is 2150. The fourth-order valence-electron chi connectivity index (χ4n) is 7.84. The number of nitrogens with one attached hydrogen (secondary N) is 4. The number of rotatable bonds is 8. The van der Waals surface area contributed by atoms with E-state index in [4.69, 9.17) is 28.4 Å². The first-order valence-corrected chi connectivity index (χ1v) is 22.5. The van der Waals surface area contributed by atoms with Crippen LogP contribution in [0.1, 0.15) is 83.1 Å². The number of hydrogen-bond acceptors (Lipinski definition) is 16. The van der Waals surface area contributed by atoms with Crippen LogP contribution in [-0.4, -0.2) is 147 Å². The van der Waals surface area contributed by atoms with E-state index in [-0.39, 0.29) is 80.2 Å². The molecule has 8 amide bonds. The fraction of sp³-hybridized carbons (Fsp3) is 0.609. The van der Waals surface area contributed by atoms with E-state index in [1.807, 2.05) is 24.3 Å². The van der Waals surface area contributed by atoms with Crippen molar-refractivity contribution in [1.29, 1.82) is 0 Å². The van der Waals surface area contributed by atoms with Crippen molar-refractivity contribution in [3.8, 4) is 0 Å². The highest BCUT2D eigenvalue weighted by Crippen LogP contribution is 2.46. The van der Waals surface area contributed by atoms with Crippen LogP contribution in [0, 0.1) is 23.7 Å². The molecule has 4 bridgehead atoms. The number of fused-ring (bicyclic) bond motifs is 10. The first kappa shape index (κ1) is 53.3. The summed E-state index contributed by atoms with van der Waals surface area (Å²) >= 11 is 0. The van der Waals surface area contributed by atoms with Gasteiger partial charge in [0.15, 0.2) is 0 Å². The number of nitrogens with zero attached hydrogens (tertiary/aromatic N) is 5. The van der Waals surface area contributed by atoms with Crippen LogP contribution in [-0.2, 0) is 47.6 Å². The maximum Gasteiger partial charge on any atom is 0.414 e. The molecule has 0 aliphatic carbocycles. The molecule has 8 atom stereocenters. The van der Waals surface area contributed by atoms with Gasteiger partial charge in [-0.2, -0.15) is 5.10 Å². The van der Waals surface area contributed by atoms with Crippen molar-refractivity contribution in [3.63, 3.8) is 0 Å². The summed E-state index contributed by atoms with van der Waals surface area (Å²) in [6, 6.07) is 1.74. The Morgan fingerprint density at radius 3 is 1.32 bits per heavy atom. The summed E-state index contributed by atoms with van der Waals surface area (Å²) in [6.07, 6.45) is 6.55. The monoisotopic (exact) mass is 967 g/mol. The summed E-state index contributed by atoms with van der Waals surface area (Å²) in [4.78, 5) is 104. The van der Waals surface area contributed by atoms with Crippen molar-refractivity contribution < 1.29 is 66.8 Å². The number of imide groups is 2. The average Bonchev–Trinajstić information content (AvgIpc) is 4.06. The van der Waals surface area contributed by atoms with Gasteiger partial charge in [-0.05, 0) is 89.2 Å². The summed E-state index contributed by atoms with van der Waals surface area (Å²) in [5.41, 5.74) is -2.62. The average molecular weight is 968 g/mol. The molecule has 4 saturated heterocycles. The zero-order valence-corrected chi connectivity index (χ0v) is 41.1. The van der Waals surface area contributed by atoms with E-state index >= 15 is 0 Å². The summed E-state index contributed by atoms with van der Waals surface area (Å²) in [5, 5.41) is 13.7. The Kier molecular flexibility index (Phi) is 16.2. The van der Waals surface area contributed by atoms with Crippen molar-refractivity contribution in [1.82, 2.24) is 40.8 Å². The minimum Gasteiger partial charge on any atom is -0.444 e. The number of ether oxygens (including phenoxy) is 6. The molecule has 23 heteroatoms. The quantitative estimate of drug-likeness (QED) is 0.0952. The second-order valence-electron chi connectivity index (χ2n) is 20.6. The number of carbonyl (C=O) groups is 8. The highest BCUT2D eigenvalue weighted by atomic mass is 16.6. The largest absolute Gasteiger partial charge is 0.444 e. The Balaban J connectivity index is 0.000000208. The summed E-state index contributed by atoms with van der Waals surface area (Å²) in [7, 11) is 0. The van der Waals surface area contributed by atoms with Crippen LogP contribution >= 0.6 is 0 Å². The Morgan fingerprint density at radius 1 is 0.594 bits per heavy atom. The number of amides is 8. The number of hydrogen-bond donors (Lipinski definition) is 4. The molecule has 0 spiro atoms. The first-order valence-electron chi connectivity index (χ1n) is 22.5. The predicted octanol–water partition coefficient (Wildman–Crippen LogP) is 3.62.